The van der Waals surface area contributed by atoms with Crippen LogP contribution in [0, 0.1) is 6.92 Å². The van der Waals surface area contributed by atoms with Crippen LogP contribution >= 0.6 is 31.9 Å². The highest BCUT2D eigenvalue weighted by Crippen LogP contribution is 2.27. The Balaban J connectivity index is 2.30. The molecule has 3 nitrogen and oxygen atoms in total. The fourth-order valence-corrected chi connectivity index (χ4v) is 3.22. The van der Waals surface area contributed by atoms with Crippen molar-refractivity contribution in [3.63, 3.8) is 0 Å². The van der Waals surface area contributed by atoms with Gasteiger partial charge in [0.25, 0.3) is 0 Å². The molecule has 0 aliphatic carbocycles. The van der Waals surface area contributed by atoms with Crippen molar-refractivity contribution in [3.05, 3.63) is 50.2 Å². The maximum absolute atomic E-state index is 4.58. The zero-order chi connectivity index (χ0) is 15.4. The lowest BCUT2D eigenvalue weighted by Crippen LogP contribution is -2.24. The second-order valence-electron chi connectivity index (χ2n) is 5.03. The van der Waals surface area contributed by atoms with Crippen LogP contribution in [-0.2, 0) is 13.0 Å². The Bertz CT molecular complexity index is 590. The smallest absolute Gasteiger partial charge is 0.0738 e. The summed E-state index contributed by atoms with van der Waals surface area (Å²) in [6.45, 7) is 8.15. The predicted molar refractivity (Wildman–Crippen MR) is 94.6 cm³/mol. The van der Waals surface area contributed by atoms with E-state index in [0.29, 0.717) is 6.04 Å². The average Bonchev–Trinajstić information content (AvgIpc) is 2.75. The molecule has 0 bridgehead atoms. The number of hydrogen-bond acceptors (Lipinski definition) is 2. The molecule has 1 heterocycles. The third-order valence-corrected chi connectivity index (χ3v) is 5.13. The van der Waals surface area contributed by atoms with E-state index in [2.05, 4.69) is 85.1 Å². The Morgan fingerprint density at radius 3 is 2.43 bits per heavy atom. The summed E-state index contributed by atoms with van der Waals surface area (Å²) in [7, 11) is 0. The molecule has 0 amide bonds. The lowest BCUT2D eigenvalue weighted by molar-refractivity contribution is 0.515. The molecule has 1 aromatic heterocycles. The molecule has 0 saturated heterocycles. The molecule has 1 N–H and O–H groups in total. The third kappa shape index (κ3) is 3.96. The van der Waals surface area contributed by atoms with Gasteiger partial charge in [-0.15, -0.1) is 0 Å². The minimum Gasteiger partial charge on any atom is -0.310 e. The molecule has 2 rings (SSSR count). The molecular formula is C16H21Br2N3. The Kier molecular flexibility index (Phi) is 6.02. The van der Waals surface area contributed by atoms with E-state index in [9.17, 15) is 0 Å². The second kappa shape index (κ2) is 7.56. The van der Waals surface area contributed by atoms with Gasteiger partial charge in [-0.3, -0.25) is 4.68 Å². The zero-order valence-corrected chi connectivity index (χ0v) is 15.8. The van der Waals surface area contributed by atoms with E-state index in [4.69, 9.17) is 0 Å². The van der Waals surface area contributed by atoms with Gasteiger partial charge in [-0.2, -0.15) is 5.10 Å². The van der Waals surface area contributed by atoms with Gasteiger partial charge in [0.2, 0.25) is 0 Å². The van der Waals surface area contributed by atoms with E-state index in [1.54, 1.807) is 0 Å². The summed E-state index contributed by atoms with van der Waals surface area (Å²) >= 11 is 7.18. The normalized spacial score (nSPS) is 12.6. The molecule has 21 heavy (non-hydrogen) atoms. The molecule has 1 atom stereocenters. The molecule has 1 unspecified atom stereocenters. The van der Waals surface area contributed by atoms with Gasteiger partial charge >= 0.3 is 0 Å². The van der Waals surface area contributed by atoms with Crippen molar-refractivity contribution < 1.29 is 0 Å². The number of halogens is 2. The number of aromatic nitrogens is 2. The van der Waals surface area contributed by atoms with E-state index in [0.717, 1.165) is 34.1 Å². The van der Waals surface area contributed by atoms with Crippen molar-refractivity contribution in [2.45, 2.75) is 39.8 Å². The number of hydrogen-bond donors (Lipinski definition) is 1. The monoisotopic (exact) mass is 413 g/mol. The molecule has 0 saturated carbocycles. The van der Waals surface area contributed by atoms with Crippen molar-refractivity contribution in [2.75, 3.05) is 6.54 Å². The molecular weight excluding hydrogens is 394 g/mol. The summed E-state index contributed by atoms with van der Waals surface area (Å²) in [5.41, 5.74) is 3.61. The third-order valence-electron chi connectivity index (χ3n) is 3.57. The summed E-state index contributed by atoms with van der Waals surface area (Å²) in [6.07, 6.45) is 0.921. The number of likely N-dealkylation sites (N-methyl/N-ethyl adjacent to an activating group) is 1. The SMILES string of the molecule is CCNC(Cc1c(Br)c(C)nn1CC)c1ccc(Br)cc1. The summed E-state index contributed by atoms with van der Waals surface area (Å²) in [6, 6.07) is 8.82. The Morgan fingerprint density at radius 2 is 1.86 bits per heavy atom. The topological polar surface area (TPSA) is 29.9 Å². The van der Waals surface area contributed by atoms with Crippen molar-refractivity contribution in [3.8, 4) is 0 Å². The first kappa shape index (κ1) is 16.7. The number of benzene rings is 1. The van der Waals surface area contributed by atoms with Crippen molar-refractivity contribution in [1.29, 1.82) is 0 Å². The number of rotatable bonds is 6. The summed E-state index contributed by atoms with van der Waals surface area (Å²) in [4.78, 5) is 0. The van der Waals surface area contributed by atoms with Crippen LogP contribution in [0.5, 0.6) is 0 Å². The fraction of sp³-hybridized carbons (Fsp3) is 0.438. The number of aryl methyl sites for hydroxylation is 2. The number of nitrogens with one attached hydrogen (secondary N) is 1. The van der Waals surface area contributed by atoms with Crippen molar-refractivity contribution in [1.82, 2.24) is 15.1 Å². The van der Waals surface area contributed by atoms with Gasteiger partial charge in [-0.1, -0.05) is 35.0 Å². The summed E-state index contributed by atoms with van der Waals surface area (Å²) in [5.74, 6) is 0. The van der Waals surface area contributed by atoms with Gasteiger partial charge in [0.15, 0.2) is 0 Å². The molecule has 5 heteroatoms. The molecule has 0 radical (unpaired) electrons. The maximum atomic E-state index is 4.58. The maximum Gasteiger partial charge on any atom is 0.0738 e. The summed E-state index contributed by atoms with van der Waals surface area (Å²) < 4.78 is 4.32. The minimum absolute atomic E-state index is 0.292. The first-order valence-corrected chi connectivity index (χ1v) is 8.86. The van der Waals surface area contributed by atoms with Crippen LogP contribution in [0.2, 0.25) is 0 Å². The Morgan fingerprint density at radius 1 is 1.19 bits per heavy atom. The van der Waals surface area contributed by atoms with E-state index in [-0.39, 0.29) is 0 Å². The van der Waals surface area contributed by atoms with Crippen molar-refractivity contribution >= 4 is 31.9 Å². The summed E-state index contributed by atoms with van der Waals surface area (Å²) in [5, 5.41) is 8.16. The van der Waals surface area contributed by atoms with Crippen LogP contribution in [0.4, 0.5) is 0 Å². The molecule has 114 valence electrons. The Labute approximate surface area is 143 Å². The van der Waals surface area contributed by atoms with Crippen LogP contribution in [0.3, 0.4) is 0 Å². The predicted octanol–water partition coefficient (Wildman–Crippen LogP) is 4.63. The van der Waals surface area contributed by atoms with E-state index in [1.165, 1.54) is 11.3 Å². The van der Waals surface area contributed by atoms with Crippen LogP contribution in [0.15, 0.2) is 33.2 Å². The lowest BCUT2D eigenvalue weighted by Gasteiger charge is -2.19. The van der Waals surface area contributed by atoms with Crippen molar-refractivity contribution in [2.24, 2.45) is 0 Å². The highest BCUT2D eigenvalue weighted by atomic mass is 79.9. The molecule has 0 aliphatic rings. The van der Waals surface area contributed by atoms with Gasteiger partial charge in [-0.05, 0) is 54.0 Å². The van der Waals surface area contributed by atoms with Gasteiger partial charge in [-0.25, -0.2) is 0 Å². The quantitative estimate of drug-likeness (QED) is 0.746. The van der Waals surface area contributed by atoms with Gasteiger partial charge < -0.3 is 5.32 Å². The molecule has 0 aliphatic heterocycles. The van der Waals surface area contributed by atoms with Crippen LogP contribution in [0.25, 0.3) is 0 Å². The zero-order valence-electron chi connectivity index (χ0n) is 12.7. The van der Waals surface area contributed by atoms with E-state index >= 15 is 0 Å². The highest BCUT2D eigenvalue weighted by molar-refractivity contribution is 9.10. The molecule has 0 spiro atoms. The van der Waals surface area contributed by atoms with Crippen LogP contribution in [-0.4, -0.2) is 16.3 Å². The van der Waals surface area contributed by atoms with E-state index in [1.807, 2.05) is 6.92 Å². The first-order valence-electron chi connectivity index (χ1n) is 7.27. The lowest BCUT2D eigenvalue weighted by atomic mass is 10.0. The van der Waals surface area contributed by atoms with Gasteiger partial charge in [0.05, 0.1) is 15.9 Å². The van der Waals surface area contributed by atoms with E-state index < -0.39 is 0 Å². The first-order chi connectivity index (χ1) is 10.1. The molecule has 2 aromatic rings. The van der Waals surface area contributed by atoms with Crippen LogP contribution in [0.1, 0.15) is 36.8 Å². The largest absolute Gasteiger partial charge is 0.310 e. The average molecular weight is 415 g/mol. The number of nitrogens with zero attached hydrogens (tertiary/aromatic N) is 2. The standard InChI is InChI=1S/C16H21Br2N3/c1-4-19-14(12-6-8-13(17)9-7-12)10-15-16(18)11(3)20-21(15)5-2/h6-9,14,19H,4-5,10H2,1-3H3. The Hall–Kier alpha value is -0.650. The molecule has 1 aromatic carbocycles. The van der Waals surface area contributed by atoms with Gasteiger partial charge in [0, 0.05) is 23.5 Å². The minimum atomic E-state index is 0.292. The van der Waals surface area contributed by atoms with Gasteiger partial charge in [0.1, 0.15) is 0 Å². The van der Waals surface area contributed by atoms with Crippen LogP contribution < -0.4 is 5.32 Å². The molecule has 0 fully saturated rings. The highest BCUT2D eigenvalue weighted by Gasteiger charge is 2.18. The second-order valence-corrected chi connectivity index (χ2v) is 6.74. The fourth-order valence-electron chi connectivity index (χ4n) is 2.51.